The smallest absolute Gasteiger partial charge is 0.193 e. The van der Waals surface area contributed by atoms with Crippen LogP contribution in [0.15, 0.2) is 473 Å². The Hall–Kier alpha value is -18.8. The maximum atomic E-state index is 14.9. The summed E-state index contributed by atoms with van der Waals surface area (Å²) < 4.78 is 6.61. The van der Waals surface area contributed by atoms with Crippen molar-refractivity contribution in [3.8, 4) is 17.1 Å². The van der Waals surface area contributed by atoms with Crippen molar-refractivity contribution in [3.63, 3.8) is 0 Å². The van der Waals surface area contributed by atoms with E-state index in [1.807, 2.05) is 218 Å². The van der Waals surface area contributed by atoms with Gasteiger partial charge in [0.15, 0.2) is 34.7 Å². The Bertz CT molecular complexity index is 8190. The Kier molecular flexibility index (Phi) is 21.6. The molecule has 0 radical (unpaired) electrons. The predicted molar refractivity (Wildman–Crippen MR) is 596 cm³/mol. The summed E-state index contributed by atoms with van der Waals surface area (Å²) in [6.45, 7) is 13.6. The molecule has 20 aromatic carbocycles. The zero-order valence-corrected chi connectivity index (χ0v) is 81.7. The monoisotopic (exact) mass is 1900 g/mol. The molecule has 0 saturated carbocycles. The van der Waals surface area contributed by atoms with Gasteiger partial charge in [0, 0.05) is 149 Å². The van der Waals surface area contributed by atoms with E-state index in [0.29, 0.717) is 33.4 Å². The van der Waals surface area contributed by atoms with Crippen LogP contribution in [0, 0.1) is 0 Å². The summed E-state index contributed by atoms with van der Waals surface area (Å²) in [5, 5.41) is 6.89. The molecule has 702 valence electrons. The summed E-state index contributed by atoms with van der Waals surface area (Å²) in [5.41, 5.74) is 29.1. The molecule has 0 atom stereocenters. The summed E-state index contributed by atoms with van der Waals surface area (Å²) in [7, 11) is 0. The van der Waals surface area contributed by atoms with Crippen molar-refractivity contribution in [2.24, 2.45) is 0 Å². The van der Waals surface area contributed by atoms with Gasteiger partial charge in [-0.25, -0.2) is 0 Å². The molecule has 3 aromatic heterocycles. The summed E-state index contributed by atoms with van der Waals surface area (Å²) in [5.74, 6) is -1.78. The fourth-order valence-electron chi connectivity index (χ4n) is 23.1. The van der Waals surface area contributed by atoms with Crippen molar-refractivity contribution < 1.29 is 28.8 Å². The molecule has 0 amide bonds. The van der Waals surface area contributed by atoms with Crippen molar-refractivity contribution in [1.29, 1.82) is 0 Å². The van der Waals surface area contributed by atoms with Crippen LogP contribution in [0.2, 0.25) is 0 Å². The Labute approximate surface area is 850 Å². The summed E-state index contributed by atoms with van der Waals surface area (Å²) in [6, 6.07) is 156. The van der Waals surface area contributed by atoms with Crippen LogP contribution in [0.3, 0.4) is 0 Å². The highest BCUT2D eigenvalue weighted by Crippen LogP contribution is 2.56. The largest absolute Gasteiger partial charge is 0.310 e. The number of nitrogens with zero attached hydrogens (tertiary/aromatic N) is 6. The Balaban J connectivity index is 0.000000154. The second-order valence-electron chi connectivity index (χ2n) is 39.9. The molecule has 3 aliphatic rings. The van der Waals surface area contributed by atoms with Gasteiger partial charge in [0.1, 0.15) is 0 Å². The van der Waals surface area contributed by atoms with E-state index in [0.717, 1.165) is 134 Å². The molecular formula is C135H96N6O6. The number of anilines is 9. The lowest BCUT2D eigenvalue weighted by molar-refractivity contribution is 0.101. The molecule has 26 rings (SSSR count). The van der Waals surface area contributed by atoms with Crippen LogP contribution in [-0.4, -0.2) is 48.4 Å². The van der Waals surface area contributed by atoms with Gasteiger partial charge in [-0.2, -0.15) is 0 Å². The van der Waals surface area contributed by atoms with Crippen molar-refractivity contribution in [2.75, 3.05) is 14.7 Å². The number of para-hydroxylation sites is 12. The third-order valence-electron chi connectivity index (χ3n) is 30.4. The number of fused-ring (bicyclic) bond motifs is 15. The first-order valence-electron chi connectivity index (χ1n) is 49.8. The maximum absolute atomic E-state index is 14.9. The molecule has 0 spiro atoms. The van der Waals surface area contributed by atoms with Gasteiger partial charge in [0.05, 0.1) is 67.2 Å². The zero-order chi connectivity index (χ0) is 99.8. The number of hydrogen-bond donors (Lipinski definition) is 0. The van der Waals surface area contributed by atoms with Crippen LogP contribution < -0.4 is 14.7 Å². The van der Waals surface area contributed by atoms with Gasteiger partial charge < -0.3 is 28.4 Å². The molecule has 12 heteroatoms. The number of benzene rings is 20. The minimum atomic E-state index is -0.299. The van der Waals surface area contributed by atoms with E-state index in [4.69, 9.17) is 0 Å². The van der Waals surface area contributed by atoms with Gasteiger partial charge in [0.25, 0.3) is 0 Å². The van der Waals surface area contributed by atoms with Gasteiger partial charge in [-0.05, 0) is 288 Å². The van der Waals surface area contributed by atoms with E-state index >= 15 is 0 Å². The van der Waals surface area contributed by atoms with Crippen molar-refractivity contribution >= 4 is 151 Å². The molecule has 3 aliphatic heterocycles. The molecule has 12 nitrogen and oxygen atoms in total. The molecule has 6 heterocycles. The summed E-state index contributed by atoms with van der Waals surface area (Å²) in [6.07, 6.45) is 0. The first-order chi connectivity index (χ1) is 71.7. The number of carbonyl (C=O) groups is 6. The van der Waals surface area contributed by atoms with Crippen LogP contribution in [0.4, 0.5) is 51.2 Å². The Morgan fingerprint density at radius 2 is 0.286 bits per heavy atom. The fourth-order valence-corrected chi connectivity index (χ4v) is 23.1. The minimum Gasteiger partial charge on any atom is -0.310 e. The number of aromatic nitrogens is 3. The fraction of sp³-hybridized carbons (Fsp3) is 0.0667. The molecule has 0 unspecified atom stereocenters. The molecule has 147 heavy (non-hydrogen) atoms. The van der Waals surface area contributed by atoms with Gasteiger partial charge in [-0.1, -0.05) is 260 Å². The lowest BCUT2D eigenvalue weighted by atomic mass is 9.73. The molecule has 0 aliphatic carbocycles. The normalized spacial score (nSPS) is 13.4. The van der Waals surface area contributed by atoms with Crippen LogP contribution >= 0.6 is 0 Å². The first-order valence-corrected chi connectivity index (χ1v) is 49.8. The van der Waals surface area contributed by atoms with Crippen LogP contribution in [0.1, 0.15) is 170 Å². The molecule has 0 fully saturated rings. The van der Waals surface area contributed by atoms with E-state index in [9.17, 15) is 28.8 Å². The second kappa shape index (κ2) is 35.4. The van der Waals surface area contributed by atoms with Crippen LogP contribution in [0.25, 0.3) is 82.5 Å². The molecular weight excluding hydrogens is 1800 g/mol. The number of ketones is 6. The molecule has 23 aromatic rings. The van der Waals surface area contributed by atoms with E-state index in [1.54, 1.807) is 36.4 Å². The van der Waals surface area contributed by atoms with E-state index in [-0.39, 0.29) is 84.3 Å². The number of carbonyl (C=O) groups excluding carboxylic acids is 6. The van der Waals surface area contributed by atoms with Gasteiger partial charge in [0.2, 0.25) is 0 Å². The maximum Gasteiger partial charge on any atom is 0.193 e. The summed E-state index contributed by atoms with van der Waals surface area (Å²) in [4.78, 5) is 95.4. The van der Waals surface area contributed by atoms with Crippen molar-refractivity contribution in [2.45, 2.75) is 57.8 Å². The van der Waals surface area contributed by atoms with Gasteiger partial charge >= 0.3 is 0 Å². The SMILES string of the molecule is CC1(C)c2ccccc2N(c2ccc(C(=O)c3cc(C(=O)c4ccc(N5c6ccccc6C(C)(C)c6ccccc65)cc4)cc(C(=O)c4ccc(N5c6ccccc6C(C)(C)c6ccccc65)cc4)c3)cc2)c2ccccc21.O=C(c1ccc(-n2c3ccccc3c3ccccc32)cc1)c1cc(C(=O)c2ccc(-n3c4ccccc4c4ccccc43)cc2)cc(C(=O)c2ccc(-n3c4ccccc4c4ccccc43)cc2)c1. The second-order valence-corrected chi connectivity index (χ2v) is 39.9. The van der Waals surface area contributed by atoms with Crippen LogP contribution in [0.5, 0.6) is 0 Å². The van der Waals surface area contributed by atoms with Gasteiger partial charge in [-0.3, -0.25) is 28.8 Å². The third kappa shape index (κ3) is 15.0. The number of hydrogen-bond acceptors (Lipinski definition) is 9. The van der Waals surface area contributed by atoms with Gasteiger partial charge in [-0.15, -0.1) is 0 Å². The Morgan fingerprint density at radius 1 is 0.150 bits per heavy atom. The standard InChI is InChI=1S/C72H57N3O3.C63H39N3O3/c1-70(2)55-19-7-13-25-61(55)73(62-26-14-8-20-56(62)70)52-37-31-46(32-38-52)67(76)49-43-50(68(77)47-33-39-53(40-34-47)74-63-27-15-9-21-57(63)71(3,4)58-22-10-16-28-64(58)74)45-51(44-49)69(78)48-35-41-54(42-36-48)75-65-29-17-11-23-59(65)72(5,6)60-24-12-18-30-66(60)75;67-61(40-25-31-46(32-26-40)64-55-19-7-1-13-49(55)50-14-2-8-20-56(50)64)43-37-44(62(68)41-27-33-47(34-28-41)65-57-21-9-3-15-51(57)52-16-4-10-22-58(52)65)39-45(38-43)63(69)42-29-35-48(36-30-42)66-59-23-11-5-17-53(59)54-18-6-12-24-60(54)66/h7-45H,1-6H3;1-39H. The van der Waals surface area contributed by atoms with Crippen molar-refractivity contribution in [3.05, 3.63) is 573 Å². The quantitative estimate of drug-likeness (QED) is 0.0772. The lowest BCUT2D eigenvalue weighted by Gasteiger charge is -2.42. The molecule has 0 N–H and O–H groups in total. The van der Waals surface area contributed by atoms with Crippen molar-refractivity contribution in [1.82, 2.24) is 13.7 Å². The van der Waals surface area contributed by atoms with E-state index in [2.05, 4.69) is 288 Å². The topological polar surface area (TPSA) is 127 Å². The minimum absolute atomic E-state index is 0.215. The lowest BCUT2D eigenvalue weighted by Crippen LogP contribution is -2.30. The first kappa shape index (κ1) is 89.6. The number of rotatable bonds is 18. The summed E-state index contributed by atoms with van der Waals surface area (Å²) >= 11 is 0. The van der Waals surface area contributed by atoms with E-state index < -0.39 is 0 Å². The third-order valence-corrected chi connectivity index (χ3v) is 30.4. The average molecular weight is 1900 g/mol. The Morgan fingerprint density at radius 3 is 0.449 bits per heavy atom. The highest BCUT2D eigenvalue weighted by molar-refractivity contribution is 6.21. The van der Waals surface area contributed by atoms with Crippen LogP contribution in [-0.2, 0) is 16.2 Å². The average Bonchev–Trinajstić information content (AvgIpc) is 1.67. The predicted octanol–water partition coefficient (Wildman–Crippen LogP) is 32.4. The van der Waals surface area contributed by atoms with E-state index in [1.165, 1.54) is 33.4 Å². The highest BCUT2D eigenvalue weighted by Gasteiger charge is 2.41. The highest BCUT2D eigenvalue weighted by atomic mass is 16.1. The molecule has 0 saturated heterocycles. The molecule has 0 bridgehead atoms. The zero-order valence-electron chi connectivity index (χ0n) is 81.7.